The first-order chi connectivity index (χ1) is 11.7. The lowest BCUT2D eigenvalue weighted by Crippen LogP contribution is -2.38. The number of nitrogens with zero attached hydrogens (tertiary/aromatic N) is 2. The van der Waals surface area contributed by atoms with Gasteiger partial charge in [-0.2, -0.15) is 5.26 Å². The molecule has 0 atom stereocenters. The summed E-state index contributed by atoms with van der Waals surface area (Å²) in [7, 11) is 1.51. The van der Waals surface area contributed by atoms with Crippen LogP contribution in [-0.2, 0) is 11.2 Å². The molecule has 1 aliphatic rings. The Morgan fingerprint density at radius 3 is 2.88 bits per heavy atom. The number of hydrogen-bond acceptors (Lipinski definition) is 4. The molecule has 1 amide bonds. The Hall–Kier alpha value is -3.00. The first-order valence-electron chi connectivity index (χ1n) is 7.82. The summed E-state index contributed by atoms with van der Waals surface area (Å²) in [5, 5.41) is 8.92. The number of fused-ring (bicyclic) bond motifs is 1. The van der Waals surface area contributed by atoms with Crippen LogP contribution in [0, 0.1) is 11.3 Å². The Kier molecular flexibility index (Phi) is 4.66. The molecular weight excluding hydrogens is 304 g/mol. The highest BCUT2D eigenvalue weighted by atomic mass is 16.5. The molecule has 24 heavy (non-hydrogen) atoms. The fraction of sp³-hybridized carbons (Fsp3) is 0.263. The summed E-state index contributed by atoms with van der Waals surface area (Å²) in [5.74, 6) is 0.810. The van der Waals surface area contributed by atoms with Gasteiger partial charge in [-0.1, -0.05) is 18.2 Å². The van der Waals surface area contributed by atoms with Gasteiger partial charge in [0.25, 0.3) is 5.91 Å². The molecular formula is C19H18N2O3. The summed E-state index contributed by atoms with van der Waals surface area (Å²) in [4.78, 5) is 14.3. The van der Waals surface area contributed by atoms with E-state index in [4.69, 9.17) is 14.7 Å². The maximum atomic E-state index is 12.6. The topological polar surface area (TPSA) is 62.6 Å². The number of carbonyl (C=O) groups is 1. The van der Waals surface area contributed by atoms with Gasteiger partial charge < -0.3 is 14.4 Å². The first-order valence-corrected chi connectivity index (χ1v) is 7.82. The van der Waals surface area contributed by atoms with Crippen LogP contribution in [-0.4, -0.2) is 26.2 Å². The molecule has 3 rings (SSSR count). The molecule has 1 aliphatic heterocycles. The maximum Gasteiger partial charge on any atom is 0.264 e. The van der Waals surface area contributed by atoms with Crippen LogP contribution in [0.3, 0.4) is 0 Å². The molecule has 2 aromatic carbocycles. The van der Waals surface area contributed by atoms with Crippen LogP contribution >= 0.6 is 0 Å². The molecule has 122 valence electrons. The highest BCUT2D eigenvalue weighted by Crippen LogP contribution is 2.29. The van der Waals surface area contributed by atoms with E-state index in [1.807, 2.05) is 24.3 Å². The number of methoxy groups -OCH3 is 1. The van der Waals surface area contributed by atoms with E-state index in [1.54, 1.807) is 23.1 Å². The molecule has 0 bridgehead atoms. The van der Waals surface area contributed by atoms with Crippen molar-refractivity contribution in [2.24, 2.45) is 0 Å². The number of nitriles is 1. The number of para-hydroxylation sites is 1. The molecule has 1 heterocycles. The molecule has 0 aromatic heterocycles. The lowest BCUT2D eigenvalue weighted by atomic mass is 10.0. The summed E-state index contributed by atoms with van der Waals surface area (Å²) in [5.41, 5.74) is 2.63. The van der Waals surface area contributed by atoms with E-state index < -0.39 is 0 Å². The number of anilines is 1. The standard InChI is InChI=1S/C19H18N2O3/c1-23-18-11-14(12-20)8-9-17(18)24-13-19(22)21-10-4-6-15-5-2-3-7-16(15)21/h2-3,5,7-9,11H,4,6,10,13H2,1H3. The van der Waals surface area contributed by atoms with Crippen LogP contribution in [0.5, 0.6) is 11.5 Å². The van der Waals surface area contributed by atoms with Gasteiger partial charge >= 0.3 is 0 Å². The van der Waals surface area contributed by atoms with E-state index in [0.29, 0.717) is 23.6 Å². The Morgan fingerprint density at radius 2 is 2.08 bits per heavy atom. The van der Waals surface area contributed by atoms with E-state index in [2.05, 4.69) is 6.07 Å². The lowest BCUT2D eigenvalue weighted by molar-refractivity contribution is -0.120. The first kappa shape index (κ1) is 15.9. The van der Waals surface area contributed by atoms with Gasteiger partial charge in [0.05, 0.1) is 18.7 Å². The second-order valence-corrected chi connectivity index (χ2v) is 5.54. The predicted octanol–water partition coefficient (Wildman–Crippen LogP) is 2.93. The predicted molar refractivity (Wildman–Crippen MR) is 90.3 cm³/mol. The van der Waals surface area contributed by atoms with Crippen LogP contribution in [0.1, 0.15) is 17.5 Å². The monoisotopic (exact) mass is 322 g/mol. The SMILES string of the molecule is COc1cc(C#N)ccc1OCC(=O)N1CCCc2ccccc21. The smallest absolute Gasteiger partial charge is 0.264 e. The summed E-state index contributed by atoms with van der Waals surface area (Å²) in [6.07, 6.45) is 1.94. The third kappa shape index (κ3) is 3.18. The second kappa shape index (κ2) is 7.05. The normalized spacial score (nSPS) is 12.9. The quantitative estimate of drug-likeness (QED) is 0.868. The number of benzene rings is 2. The molecule has 0 saturated carbocycles. The minimum absolute atomic E-state index is 0.0728. The molecule has 0 spiro atoms. The fourth-order valence-electron chi connectivity index (χ4n) is 2.87. The van der Waals surface area contributed by atoms with Crippen molar-refractivity contribution in [2.75, 3.05) is 25.2 Å². The van der Waals surface area contributed by atoms with Gasteiger partial charge in [0.2, 0.25) is 0 Å². The van der Waals surface area contributed by atoms with E-state index in [0.717, 1.165) is 18.5 Å². The summed E-state index contributed by atoms with van der Waals surface area (Å²) < 4.78 is 10.9. The number of ether oxygens (including phenoxy) is 2. The van der Waals surface area contributed by atoms with Gasteiger partial charge in [0.1, 0.15) is 0 Å². The van der Waals surface area contributed by atoms with Crippen molar-refractivity contribution in [1.82, 2.24) is 0 Å². The van der Waals surface area contributed by atoms with Crippen LogP contribution < -0.4 is 14.4 Å². The van der Waals surface area contributed by atoms with Crippen molar-refractivity contribution in [1.29, 1.82) is 5.26 Å². The van der Waals surface area contributed by atoms with Crippen LogP contribution in [0.15, 0.2) is 42.5 Å². The zero-order valence-corrected chi connectivity index (χ0v) is 13.5. The zero-order chi connectivity index (χ0) is 16.9. The molecule has 0 fully saturated rings. The van der Waals surface area contributed by atoms with Gasteiger partial charge in [-0.25, -0.2) is 0 Å². The van der Waals surface area contributed by atoms with E-state index in [-0.39, 0.29) is 12.5 Å². The summed E-state index contributed by atoms with van der Waals surface area (Å²) >= 11 is 0. The number of rotatable bonds is 4. The third-order valence-corrected chi connectivity index (χ3v) is 4.06. The van der Waals surface area contributed by atoms with E-state index >= 15 is 0 Å². The van der Waals surface area contributed by atoms with Gasteiger partial charge in [-0.05, 0) is 36.6 Å². The number of hydrogen-bond donors (Lipinski definition) is 0. The lowest BCUT2D eigenvalue weighted by Gasteiger charge is -2.29. The van der Waals surface area contributed by atoms with Crippen molar-refractivity contribution in [3.8, 4) is 17.6 Å². The average molecular weight is 322 g/mol. The average Bonchev–Trinajstić information content (AvgIpc) is 2.65. The molecule has 0 unspecified atom stereocenters. The minimum atomic E-state index is -0.0893. The fourth-order valence-corrected chi connectivity index (χ4v) is 2.87. The van der Waals surface area contributed by atoms with Crippen molar-refractivity contribution < 1.29 is 14.3 Å². The van der Waals surface area contributed by atoms with Crippen LogP contribution in [0.4, 0.5) is 5.69 Å². The summed E-state index contributed by atoms with van der Waals surface area (Å²) in [6.45, 7) is 0.625. The number of amides is 1. The second-order valence-electron chi connectivity index (χ2n) is 5.54. The van der Waals surface area contributed by atoms with Gasteiger partial charge in [0.15, 0.2) is 18.1 Å². The zero-order valence-electron chi connectivity index (χ0n) is 13.5. The Bertz CT molecular complexity index is 795. The molecule has 0 saturated heterocycles. The van der Waals surface area contributed by atoms with Crippen molar-refractivity contribution in [3.63, 3.8) is 0 Å². The van der Waals surface area contributed by atoms with Crippen molar-refractivity contribution in [2.45, 2.75) is 12.8 Å². The molecule has 0 radical (unpaired) electrons. The van der Waals surface area contributed by atoms with Gasteiger partial charge in [0, 0.05) is 18.3 Å². The highest BCUT2D eigenvalue weighted by Gasteiger charge is 2.22. The molecule has 0 N–H and O–H groups in total. The Morgan fingerprint density at radius 1 is 1.25 bits per heavy atom. The number of aryl methyl sites for hydroxylation is 1. The minimum Gasteiger partial charge on any atom is -0.493 e. The van der Waals surface area contributed by atoms with E-state index in [1.165, 1.54) is 12.7 Å². The Balaban J connectivity index is 1.72. The van der Waals surface area contributed by atoms with Crippen molar-refractivity contribution in [3.05, 3.63) is 53.6 Å². The van der Waals surface area contributed by atoms with Crippen LogP contribution in [0.25, 0.3) is 0 Å². The Labute approximate surface area is 141 Å². The molecule has 5 nitrogen and oxygen atoms in total. The maximum absolute atomic E-state index is 12.6. The third-order valence-electron chi connectivity index (χ3n) is 4.06. The summed E-state index contributed by atoms with van der Waals surface area (Å²) in [6, 6.07) is 14.9. The number of carbonyl (C=O) groups excluding carboxylic acids is 1. The molecule has 2 aromatic rings. The largest absolute Gasteiger partial charge is 0.493 e. The van der Waals surface area contributed by atoms with Gasteiger partial charge in [-0.3, -0.25) is 4.79 Å². The van der Waals surface area contributed by atoms with Crippen molar-refractivity contribution >= 4 is 11.6 Å². The molecule has 5 heteroatoms. The van der Waals surface area contributed by atoms with E-state index in [9.17, 15) is 4.79 Å². The highest BCUT2D eigenvalue weighted by molar-refractivity contribution is 5.95. The van der Waals surface area contributed by atoms with Gasteiger partial charge in [-0.15, -0.1) is 0 Å². The molecule has 0 aliphatic carbocycles. The van der Waals surface area contributed by atoms with Crippen LogP contribution in [0.2, 0.25) is 0 Å².